The highest BCUT2D eigenvalue weighted by molar-refractivity contribution is 6.29. The zero-order chi connectivity index (χ0) is 13.4. The molecule has 0 saturated carbocycles. The van der Waals surface area contributed by atoms with Crippen LogP contribution in [0, 0.1) is 0 Å². The molecule has 5 nitrogen and oxygen atoms in total. The highest BCUT2D eigenvalue weighted by atomic mass is 35.5. The quantitative estimate of drug-likeness (QED) is 0.840. The maximum absolute atomic E-state index is 11.7. The molecule has 0 amide bonds. The Hall–Kier alpha value is -2.01. The van der Waals surface area contributed by atoms with Gasteiger partial charge < -0.3 is 4.74 Å². The first-order valence-corrected chi connectivity index (χ1v) is 6.25. The molecule has 6 heteroatoms. The fourth-order valence-electron chi connectivity index (χ4n) is 2.22. The molecule has 0 spiro atoms. The minimum atomic E-state index is -0.517. The van der Waals surface area contributed by atoms with Gasteiger partial charge in [0.15, 0.2) is 0 Å². The molecular weight excluding hydrogens is 268 g/mol. The first-order chi connectivity index (χ1) is 9.13. The predicted octanol–water partition coefficient (Wildman–Crippen LogP) is 1.19. The lowest BCUT2D eigenvalue weighted by molar-refractivity contribution is 0.205. The van der Waals surface area contributed by atoms with Crippen LogP contribution >= 0.6 is 11.6 Å². The monoisotopic (exact) mass is 278 g/mol. The van der Waals surface area contributed by atoms with E-state index in [1.807, 2.05) is 24.3 Å². The lowest BCUT2D eigenvalue weighted by Gasteiger charge is -2.11. The second-order valence-electron chi connectivity index (χ2n) is 4.42. The topological polar surface area (TPSA) is 64.1 Å². The van der Waals surface area contributed by atoms with Crippen LogP contribution in [0.1, 0.15) is 5.56 Å². The highest BCUT2D eigenvalue weighted by Gasteiger charge is 2.23. The number of ether oxygens (including phenoxy) is 1. The zero-order valence-electron chi connectivity index (χ0n) is 9.93. The van der Waals surface area contributed by atoms with Crippen LogP contribution in [0.15, 0.2) is 39.9 Å². The van der Waals surface area contributed by atoms with Crippen LogP contribution in [0.2, 0.25) is 5.15 Å². The van der Waals surface area contributed by atoms with Gasteiger partial charge in [-0.1, -0.05) is 29.8 Å². The molecule has 2 heterocycles. The van der Waals surface area contributed by atoms with Gasteiger partial charge in [-0.05, 0) is 11.6 Å². The lowest BCUT2D eigenvalue weighted by atomic mass is 10.1. The molecule has 98 valence electrons. The number of fused-ring (bicyclic) bond motifs is 1. The van der Waals surface area contributed by atoms with Crippen LogP contribution in [0.5, 0.6) is 5.75 Å². The number of aromatic nitrogens is 2. The summed E-state index contributed by atoms with van der Waals surface area (Å²) < 4.78 is 6.81. The number of H-pyrrole nitrogens is 1. The largest absolute Gasteiger partial charge is 0.488 e. The van der Waals surface area contributed by atoms with Gasteiger partial charge in [0.1, 0.15) is 17.0 Å². The molecular formula is C13H11ClN2O3. The van der Waals surface area contributed by atoms with E-state index in [1.165, 1.54) is 6.07 Å². The van der Waals surface area contributed by atoms with Crippen molar-refractivity contribution in [3.8, 4) is 5.75 Å². The number of nitrogens with zero attached hydrogens (tertiary/aromatic N) is 1. The Balaban J connectivity index is 1.86. The number of para-hydroxylation sites is 1. The van der Waals surface area contributed by atoms with Gasteiger partial charge in [0.2, 0.25) is 0 Å². The summed E-state index contributed by atoms with van der Waals surface area (Å²) in [4.78, 5) is 25.8. The zero-order valence-corrected chi connectivity index (χ0v) is 10.7. The third-order valence-corrected chi connectivity index (χ3v) is 3.29. The number of benzene rings is 1. The van der Waals surface area contributed by atoms with E-state index in [0.29, 0.717) is 6.42 Å². The van der Waals surface area contributed by atoms with Crippen LogP contribution in [-0.2, 0) is 13.0 Å². The Kier molecular flexibility index (Phi) is 2.91. The van der Waals surface area contributed by atoms with Gasteiger partial charge in [-0.2, -0.15) is 0 Å². The third-order valence-electron chi connectivity index (χ3n) is 3.09. The Morgan fingerprint density at radius 1 is 1.37 bits per heavy atom. The van der Waals surface area contributed by atoms with Gasteiger partial charge >= 0.3 is 5.69 Å². The average Bonchev–Trinajstić information content (AvgIpc) is 2.76. The number of hydrogen-bond acceptors (Lipinski definition) is 3. The molecule has 1 unspecified atom stereocenters. The molecule has 1 aromatic heterocycles. The van der Waals surface area contributed by atoms with Crippen molar-refractivity contribution >= 4 is 11.6 Å². The molecule has 0 bridgehead atoms. The van der Waals surface area contributed by atoms with E-state index in [0.717, 1.165) is 15.9 Å². The van der Waals surface area contributed by atoms with Crippen molar-refractivity contribution in [3.05, 3.63) is 61.9 Å². The van der Waals surface area contributed by atoms with Crippen molar-refractivity contribution in [1.82, 2.24) is 9.55 Å². The Morgan fingerprint density at radius 2 is 2.16 bits per heavy atom. The lowest BCUT2D eigenvalue weighted by Crippen LogP contribution is -2.39. The van der Waals surface area contributed by atoms with Gasteiger partial charge in [0.05, 0.1) is 6.54 Å². The summed E-state index contributed by atoms with van der Waals surface area (Å²) in [5.74, 6) is 0.811. The highest BCUT2D eigenvalue weighted by Crippen LogP contribution is 2.28. The van der Waals surface area contributed by atoms with E-state index < -0.39 is 11.2 Å². The SMILES string of the molecule is O=c1cc(Cl)[nH]c(=O)n1CC1Cc2ccccc2O1. The van der Waals surface area contributed by atoms with E-state index >= 15 is 0 Å². The fraction of sp³-hybridized carbons (Fsp3) is 0.231. The second kappa shape index (κ2) is 4.59. The number of rotatable bonds is 2. The normalized spacial score (nSPS) is 17.0. The standard InChI is InChI=1S/C13H11ClN2O3/c14-11-6-12(17)16(13(18)15-11)7-9-5-8-3-1-2-4-10(8)19-9/h1-4,6,9H,5,7H2,(H,15,18). The van der Waals surface area contributed by atoms with E-state index in [4.69, 9.17) is 16.3 Å². The summed E-state index contributed by atoms with van der Waals surface area (Å²) in [6, 6.07) is 8.87. The van der Waals surface area contributed by atoms with E-state index in [1.54, 1.807) is 0 Å². The summed E-state index contributed by atoms with van der Waals surface area (Å²) in [7, 11) is 0. The summed E-state index contributed by atoms with van der Waals surface area (Å²) in [6.45, 7) is 0.208. The first-order valence-electron chi connectivity index (χ1n) is 5.88. The molecule has 19 heavy (non-hydrogen) atoms. The molecule has 1 atom stereocenters. The molecule has 1 N–H and O–H groups in total. The van der Waals surface area contributed by atoms with Gasteiger partial charge in [0, 0.05) is 12.5 Å². The van der Waals surface area contributed by atoms with Crippen molar-refractivity contribution in [3.63, 3.8) is 0 Å². The minimum absolute atomic E-state index is 0.0434. The Labute approximate surface area is 113 Å². The smallest absolute Gasteiger partial charge is 0.329 e. The number of hydrogen-bond donors (Lipinski definition) is 1. The summed E-state index contributed by atoms with van der Waals surface area (Å²) in [6.07, 6.45) is 0.474. The van der Waals surface area contributed by atoms with Crippen LogP contribution in [0.25, 0.3) is 0 Å². The Morgan fingerprint density at radius 3 is 2.89 bits per heavy atom. The molecule has 1 aliphatic heterocycles. The number of nitrogens with one attached hydrogen (secondary N) is 1. The van der Waals surface area contributed by atoms with E-state index in [2.05, 4.69) is 4.98 Å². The number of halogens is 1. The summed E-state index contributed by atoms with van der Waals surface area (Å²) in [5.41, 5.74) is 0.149. The van der Waals surface area contributed by atoms with Crippen molar-refractivity contribution in [2.45, 2.75) is 19.1 Å². The molecule has 2 aromatic rings. The molecule has 0 aliphatic carbocycles. The molecule has 1 aliphatic rings. The molecule has 1 aromatic carbocycles. The summed E-state index contributed by atoms with van der Waals surface area (Å²) >= 11 is 5.61. The van der Waals surface area contributed by atoms with Crippen molar-refractivity contribution in [2.75, 3.05) is 0 Å². The van der Waals surface area contributed by atoms with Crippen molar-refractivity contribution < 1.29 is 4.74 Å². The third kappa shape index (κ3) is 2.29. The predicted molar refractivity (Wildman–Crippen MR) is 70.9 cm³/mol. The minimum Gasteiger partial charge on any atom is -0.488 e. The van der Waals surface area contributed by atoms with Crippen LogP contribution in [0.3, 0.4) is 0 Å². The summed E-state index contributed by atoms with van der Waals surface area (Å²) in [5, 5.41) is 0.0434. The van der Waals surface area contributed by atoms with Gasteiger partial charge in [-0.15, -0.1) is 0 Å². The van der Waals surface area contributed by atoms with Crippen LogP contribution in [-0.4, -0.2) is 15.7 Å². The molecule has 0 radical (unpaired) electrons. The van der Waals surface area contributed by atoms with Crippen LogP contribution in [0.4, 0.5) is 0 Å². The fourth-order valence-corrected chi connectivity index (χ4v) is 2.40. The maximum atomic E-state index is 11.7. The molecule has 3 rings (SSSR count). The van der Waals surface area contributed by atoms with Gasteiger partial charge in [-0.25, -0.2) is 4.79 Å². The van der Waals surface area contributed by atoms with E-state index in [-0.39, 0.29) is 17.8 Å². The van der Waals surface area contributed by atoms with Crippen molar-refractivity contribution in [1.29, 1.82) is 0 Å². The van der Waals surface area contributed by atoms with Gasteiger partial charge in [0.25, 0.3) is 5.56 Å². The molecule has 0 saturated heterocycles. The Bertz CT molecular complexity index is 679. The number of aromatic amines is 1. The van der Waals surface area contributed by atoms with Crippen molar-refractivity contribution in [2.24, 2.45) is 0 Å². The first kappa shape index (κ1) is 12.0. The van der Waals surface area contributed by atoms with Gasteiger partial charge in [-0.3, -0.25) is 14.3 Å². The second-order valence-corrected chi connectivity index (χ2v) is 4.83. The molecule has 0 fully saturated rings. The van der Waals surface area contributed by atoms with Crippen LogP contribution < -0.4 is 16.0 Å². The van der Waals surface area contributed by atoms with E-state index in [9.17, 15) is 9.59 Å². The average molecular weight is 279 g/mol. The maximum Gasteiger partial charge on any atom is 0.329 e.